The number of benzene rings is 1. The lowest BCUT2D eigenvalue weighted by atomic mass is 9.58. The van der Waals surface area contributed by atoms with E-state index in [-0.39, 0.29) is 17.2 Å². The molecule has 2 aliphatic rings. The highest BCUT2D eigenvalue weighted by Crippen LogP contribution is 2.52. The number of amides is 1. The third-order valence-electron chi connectivity index (χ3n) is 3.85. The lowest BCUT2D eigenvalue weighted by Crippen LogP contribution is -2.44. The number of rotatable bonds is 1. The second kappa shape index (κ2) is 3.08. The van der Waals surface area contributed by atoms with E-state index in [1.807, 2.05) is 12.1 Å². The van der Waals surface area contributed by atoms with Crippen molar-refractivity contribution in [2.24, 2.45) is 5.92 Å². The molecule has 1 aliphatic heterocycles. The highest BCUT2D eigenvalue weighted by Gasteiger charge is 2.56. The van der Waals surface area contributed by atoms with E-state index in [0.29, 0.717) is 0 Å². The summed E-state index contributed by atoms with van der Waals surface area (Å²) in [6, 6.07) is 8.26. The molecule has 3 heteroatoms. The fourth-order valence-corrected chi connectivity index (χ4v) is 3.56. The van der Waals surface area contributed by atoms with Gasteiger partial charge in [0, 0.05) is 22.4 Å². The summed E-state index contributed by atoms with van der Waals surface area (Å²) in [7, 11) is 0. The molecule has 1 aliphatic carbocycles. The van der Waals surface area contributed by atoms with E-state index in [0.717, 1.165) is 23.9 Å². The number of fused-ring (bicyclic) bond motifs is 1. The number of carbonyl (C=O) groups excluding carboxylic acids is 1. The van der Waals surface area contributed by atoms with E-state index in [9.17, 15) is 4.79 Å². The zero-order chi connectivity index (χ0) is 10.5. The Hall–Kier alpha value is -0.830. The Morgan fingerprint density at radius 1 is 1.40 bits per heavy atom. The van der Waals surface area contributed by atoms with Crippen molar-refractivity contribution in [3.05, 3.63) is 34.3 Å². The average molecular weight is 266 g/mol. The summed E-state index contributed by atoms with van der Waals surface area (Å²) in [6.07, 6.45) is 2.16. The highest BCUT2D eigenvalue weighted by molar-refractivity contribution is 9.10. The smallest absolute Gasteiger partial charge is 0.224 e. The van der Waals surface area contributed by atoms with E-state index in [4.69, 9.17) is 0 Å². The minimum atomic E-state index is 0.0805. The summed E-state index contributed by atoms with van der Waals surface area (Å²) >= 11 is 3.58. The van der Waals surface area contributed by atoms with Crippen LogP contribution >= 0.6 is 15.9 Å². The maximum Gasteiger partial charge on any atom is 0.224 e. The van der Waals surface area contributed by atoms with Crippen LogP contribution in [0.25, 0.3) is 0 Å². The summed E-state index contributed by atoms with van der Waals surface area (Å²) in [5.74, 6) is 0.438. The van der Waals surface area contributed by atoms with Crippen molar-refractivity contribution in [3.8, 4) is 0 Å². The molecule has 1 N–H and O–H groups in total. The van der Waals surface area contributed by atoms with Crippen LogP contribution in [-0.2, 0) is 10.2 Å². The Morgan fingerprint density at radius 3 is 2.80 bits per heavy atom. The number of hydrogen-bond acceptors (Lipinski definition) is 1. The second-order valence-electron chi connectivity index (χ2n) is 4.45. The van der Waals surface area contributed by atoms with Crippen LogP contribution in [0.2, 0.25) is 0 Å². The van der Waals surface area contributed by atoms with Crippen molar-refractivity contribution >= 4 is 21.8 Å². The minimum absolute atomic E-state index is 0.0805. The molecule has 0 bridgehead atoms. The fourth-order valence-electron chi connectivity index (χ4n) is 2.88. The molecular formula is C12H12BrNO. The van der Waals surface area contributed by atoms with Gasteiger partial charge in [-0.15, -0.1) is 0 Å². The number of carbonyl (C=O) groups is 1. The van der Waals surface area contributed by atoms with Gasteiger partial charge in [-0.25, -0.2) is 0 Å². The van der Waals surface area contributed by atoms with Crippen LogP contribution < -0.4 is 5.32 Å². The normalized spacial score (nSPS) is 33.1. The molecule has 0 spiro atoms. The topological polar surface area (TPSA) is 29.1 Å². The van der Waals surface area contributed by atoms with Crippen LogP contribution in [0.5, 0.6) is 0 Å². The third kappa shape index (κ3) is 1.13. The summed E-state index contributed by atoms with van der Waals surface area (Å²) in [5.41, 5.74) is 1.37. The third-order valence-corrected chi connectivity index (χ3v) is 4.54. The molecule has 2 nitrogen and oxygen atoms in total. The number of nitrogens with one attached hydrogen (secondary N) is 1. The lowest BCUT2D eigenvalue weighted by Gasteiger charge is -2.43. The van der Waals surface area contributed by atoms with Crippen molar-refractivity contribution in [2.45, 2.75) is 18.3 Å². The van der Waals surface area contributed by atoms with E-state index < -0.39 is 0 Å². The molecule has 3 rings (SSSR count). The Balaban J connectivity index is 2.08. The maximum absolute atomic E-state index is 11.6. The molecule has 2 atom stereocenters. The van der Waals surface area contributed by atoms with Gasteiger partial charge in [0.05, 0.1) is 0 Å². The fraction of sp³-hybridized carbons (Fsp3) is 0.417. The predicted octanol–water partition coefficient (Wildman–Crippen LogP) is 2.23. The largest absolute Gasteiger partial charge is 0.355 e. The summed E-state index contributed by atoms with van der Waals surface area (Å²) in [5, 5.41) is 2.99. The minimum Gasteiger partial charge on any atom is -0.355 e. The molecule has 2 fully saturated rings. The van der Waals surface area contributed by atoms with E-state index in [1.165, 1.54) is 5.56 Å². The predicted molar refractivity (Wildman–Crippen MR) is 61.6 cm³/mol. The SMILES string of the molecule is O=C1NCC2(c3ccccc3Br)CCC12. The Kier molecular flexibility index (Phi) is 1.93. The molecule has 1 heterocycles. The molecule has 1 aromatic rings. The van der Waals surface area contributed by atoms with Gasteiger partial charge in [0.1, 0.15) is 0 Å². The first kappa shape index (κ1) is 9.40. The van der Waals surface area contributed by atoms with Gasteiger partial charge in [0.2, 0.25) is 5.91 Å². The average Bonchev–Trinajstić information content (AvgIpc) is 2.40. The quantitative estimate of drug-likeness (QED) is 0.829. The molecule has 0 aromatic heterocycles. The second-order valence-corrected chi connectivity index (χ2v) is 5.30. The Morgan fingerprint density at radius 2 is 2.20 bits per heavy atom. The van der Waals surface area contributed by atoms with Crippen LogP contribution in [0, 0.1) is 5.92 Å². The molecule has 1 saturated heterocycles. The van der Waals surface area contributed by atoms with Crippen LogP contribution in [0.3, 0.4) is 0 Å². The van der Waals surface area contributed by atoms with Gasteiger partial charge >= 0.3 is 0 Å². The lowest BCUT2D eigenvalue weighted by molar-refractivity contribution is -0.125. The number of hydrogen-bond donors (Lipinski definition) is 1. The molecular weight excluding hydrogens is 254 g/mol. The van der Waals surface area contributed by atoms with Gasteiger partial charge in [-0.2, -0.15) is 0 Å². The van der Waals surface area contributed by atoms with Crippen LogP contribution in [0.15, 0.2) is 28.7 Å². The van der Waals surface area contributed by atoms with Crippen LogP contribution in [-0.4, -0.2) is 12.5 Å². The summed E-state index contributed by atoms with van der Waals surface area (Å²) in [4.78, 5) is 11.6. The van der Waals surface area contributed by atoms with Gasteiger partial charge in [-0.05, 0) is 24.5 Å². The Bertz CT molecular complexity index is 431. The van der Waals surface area contributed by atoms with E-state index in [2.05, 4.69) is 33.4 Å². The molecule has 15 heavy (non-hydrogen) atoms. The highest BCUT2D eigenvalue weighted by atomic mass is 79.9. The van der Waals surface area contributed by atoms with Gasteiger partial charge < -0.3 is 5.32 Å². The molecule has 1 amide bonds. The molecule has 1 aromatic carbocycles. The first-order valence-electron chi connectivity index (χ1n) is 5.27. The van der Waals surface area contributed by atoms with Crippen molar-refractivity contribution in [2.75, 3.05) is 6.54 Å². The number of halogens is 1. The van der Waals surface area contributed by atoms with Gasteiger partial charge in [-0.1, -0.05) is 34.1 Å². The monoisotopic (exact) mass is 265 g/mol. The van der Waals surface area contributed by atoms with Crippen LogP contribution in [0.4, 0.5) is 0 Å². The van der Waals surface area contributed by atoms with Crippen molar-refractivity contribution in [1.29, 1.82) is 0 Å². The van der Waals surface area contributed by atoms with E-state index >= 15 is 0 Å². The Labute approximate surface area is 97.2 Å². The molecule has 78 valence electrons. The van der Waals surface area contributed by atoms with Gasteiger partial charge in [0.15, 0.2) is 0 Å². The molecule has 2 unspecified atom stereocenters. The first-order chi connectivity index (χ1) is 7.24. The first-order valence-corrected chi connectivity index (χ1v) is 6.06. The molecule has 1 saturated carbocycles. The van der Waals surface area contributed by atoms with Crippen molar-refractivity contribution < 1.29 is 4.79 Å². The van der Waals surface area contributed by atoms with Crippen molar-refractivity contribution in [3.63, 3.8) is 0 Å². The van der Waals surface area contributed by atoms with Crippen molar-refractivity contribution in [1.82, 2.24) is 5.32 Å². The van der Waals surface area contributed by atoms with Gasteiger partial charge in [0.25, 0.3) is 0 Å². The van der Waals surface area contributed by atoms with Gasteiger partial charge in [-0.3, -0.25) is 4.79 Å². The standard InChI is InChI=1S/C12H12BrNO/c13-10-4-2-1-3-8(10)12-6-5-9(12)11(15)14-7-12/h1-4,9H,5-7H2,(H,14,15). The zero-order valence-electron chi connectivity index (χ0n) is 8.29. The van der Waals surface area contributed by atoms with Crippen LogP contribution in [0.1, 0.15) is 18.4 Å². The van der Waals surface area contributed by atoms with E-state index in [1.54, 1.807) is 0 Å². The zero-order valence-corrected chi connectivity index (χ0v) is 9.88. The summed E-state index contributed by atoms with van der Waals surface area (Å²) < 4.78 is 1.13. The maximum atomic E-state index is 11.6. The molecule has 0 radical (unpaired) electrons. The summed E-state index contributed by atoms with van der Waals surface area (Å²) in [6.45, 7) is 0.805.